The van der Waals surface area contributed by atoms with Gasteiger partial charge in [0.1, 0.15) is 0 Å². The van der Waals surface area contributed by atoms with Crippen molar-refractivity contribution in [1.29, 1.82) is 0 Å². The van der Waals surface area contributed by atoms with Crippen LogP contribution in [-0.2, 0) is 5.67 Å². The van der Waals surface area contributed by atoms with E-state index in [4.69, 9.17) is 4.52 Å². The first kappa shape index (κ1) is 11.6. The van der Waals surface area contributed by atoms with Crippen molar-refractivity contribution in [2.24, 2.45) is 0 Å². The number of rotatable bonds is 2. The molecule has 0 bridgehead atoms. The Morgan fingerprint density at radius 3 is 3.10 bits per heavy atom. The Bertz CT molecular complexity index is 757. The van der Waals surface area contributed by atoms with Gasteiger partial charge in [-0.2, -0.15) is 4.98 Å². The lowest BCUT2D eigenvalue weighted by atomic mass is 10.1. The van der Waals surface area contributed by atoms with Gasteiger partial charge < -0.3 is 14.8 Å². The SMILES string of the molecule is FC1(c2nc(-c3ccc4cc[nH]c4c3)no2)CCNC1. The maximum atomic E-state index is 14.5. The Labute approximate surface area is 114 Å². The standard InChI is InChI=1S/C14H13FN4O/c15-14(4-6-16-8-14)13-18-12(19-20-13)10-2-1-9-3-5-17-11(9)7-10/h1-3,5,7,16-17H,4,6,8H2. The Balaban J connectivity index is 1.73. The molecule has 0 saturated carbocycles. The summed E-state index contributed by atoms with van der Waals surface area (Å²) in [7, 11) is 0. The average molecular weight is 272 g/mol. The molecule has 1 aliphatic heterocycles. The molecule has 102 valence electrons. The predicted molar refractivity (Wildman–Crippen MR) is 71.9 cm³/mol. The van der Waals surface area contributed by atoms with Gasteiger partial charge in [0.05, 0.1) is 0 Å². The molecule has 3 aromatic rings. The van der Waals surface area contributed by atoms with Gasteiger partial charge in [-0.05, 0) is 24.1 Å². The number of halogens is 1. The van der Waals surface area contributed by atoms with Crippen LogP contribution in [0.3, 0.4) is 0 Å². The molecule has 2 N–H and O–H groups in total. The second-order valence-corrected chi connectivity index (χ2v) is 5.09. The van der Waals surface area contributed by atoms with Crippen LogP contribution in [0.4, 0.5) is 4.39 Å². The van der Waals surface area contributed by atoms with Crippen LogP contribution in [0.2, 0.25) is 0 Å². The van der Waals surface area contributed by atoms with Gasteiger partial charge in [0.15, 0.2) is 0 Å². The first-order valence-corrected chi connectivity index (χ1v) is 6.56. The van der Waals surface area contributed by atoms with Gasteiger partial charge in [-0.25, -0.2) is 4.39 Å². The highest BCUT2D eigenvalue weighted by Crippen LogP contribution is 2.32. The highest BCUT2D eigenvalue weighted by Gasteiger charge is 2.41. The summed E-state index contributed by atoms with van der Waals surface area (Å²) >= 11 is 0. The van der Waals surface area contributed by atoms with E-state index in [1.807, 2.05) is 30.5 Å². The van der Waals surface area contributed by atoms with Crippen molar-refractivity contribution >= 4 is 10.9 Å². The lowest BCUT2D eigenvalue weighted by Gasteiger charge is -2.11. The topological polar surface area (TPSA) is 66.7 Å². The van der Waals surface area contributed by atoms with Crippen molar-refractivity contribution in [3.63, 3.8) is 0 Å². The van der Waals surface area contributed by atoms with E-state index in [1.54, 1.807) is 0 Å². The number of fused-ring (bicyclic) bond motifs is 1. The normalized spacial score (nSPS) is 22.6. The largest absolute Gasteiger partial charge is 0.361 e. The number of nitrogens with one attached hydrogen (secondary N) is 2. The summed E-state index contributed by atoms with van der Waals surface area (Å²) in [6.07, 6.45) is 2.24. The summed E-state index contributed by atoms with van der Waals surface area (Å²) in [5, 5.41) is 7.98. The molecule has 1 unspecified atom stereocenters. The second kappa shape index (κ2) is 4.14. The Kier molecular flexibility index (Phi) is 2.40. The van der Waals surface area contributed by atoms with E-state index in [-0.39, 0.29) is 12.4 Å². The average Bonchev–Trinajstić information content (AvgIpc) is 3.18. The summed E-state index contributed by atoms with van der Waals surface area (Å²) in [6, 6.07) is 7.80. The monoisotopic (exact) mass is 272 g/mol. The van der Waals surface area contributed by atoms with Crippen molar-refractivity contribution in [1.82, 2.24) is 20.4 Å². The zero-order valence-electron chi connectivity index (χ0n) is 10.7. The van der Waals surface area contributed by atoms with Crippen LogP contribution in [0, 0.1) is 0 Å². The van der Waals surface area contributed by atoms with Crippen LogP contribution in [0.25, 0.3) is 22.3 Å². The highest BCUT2D eigenvalue weighted by molar-refractivity contribution is 5.83. The number of benzene rings is 1. The van der Waals surface area contributed by atoms with Crippen molar-refractivity contribution in [3.05, 3.63) is 36.4 Å². The molecular weight excluding hydrogens is 259 g/mol. The third-order valence-electron chi connectivity index (χ3n) is 3.73. The summed E-state index contributed by atoms with van der Waals surface area (Å²) in [5.41, 5.74) is 0.262. The van der Waals surface area contributed by atoms with E-state index in [0.717, 1.165) is 16.5 Å². The molecular formula is C14H13FN4O. The fourth-order valence-electron chi connectivity index (χ4n) is 2.55. The maximum absolute atomic E-state index is 14.5. The molecule has 0 aliphatic carbocycles. The molecule has 6 heteroatoms. The molecule has 20 heavy (non-hydrogen) atoms. The zero-order valence-corrected chi connectivity index (χ0v) is 10.7. The quantitative estimate of drug-likeness (QED) is 0.751. The van der Waals surface area contributed by atoms with Crippen molar-refractivity contribution in [3.8, 4) is 11.4 Å². The van der Waals surface area contributed by atoms with Gasteiger partial charge in [0.2, 0.25) is 11.5 Å². The van der Waals surface area contributed by atoms with Gasteiger partial charge in [-0.3, -0.25) is 0 Å². The van der Waals surface area contributed by atoms with Gasteiger partial charge >= 0.3 is 0 Å². The number of H-pyrrole nitrogens is 1. The van der Waals surface area contributed by atoms with Crippen LogP contribution >= 0.6 is 0 Å². The molecule has 1 fully saturated rings. The van der Waals surface area contributed by atoms with E-state index in [1.165, 1.54) is 0 Å². The molecule has 0 radical (unpaired) electrons. The number of aromatic amines is 1. The van der Waals surface area contributed by atoms with Gasteiger partial charge in [0, 0.05) is 30.2 Å². The smallest absolute Gasteiger partial charge is 0.266 e. The highest BCUT2D eigenvalue weighted by atomic mass is 19.1. The van der Waals surface area contributed by atoms with Crippen LogP contribution in [0.15, 0.2) is 35.0 Å². The molecule has 2 aromatic heterocycles. The minimum absolute atomic E-state index is 0.0593. The van der Waals surface area contributed by atoms with Crippen molar-refractivity contribution in [2.45, 2.75) is 12.1 Å². The van der Waals surface area contributed by atoms with E-state index < -0.39 is 5.67 Å². The first-order chi connectivity index (χ1) is 9.74. The number of hydrogen-bond acceptors (Lipinski definition) is 4. The Morgan fingerprint density at radius 1 is 1.30 bits per heavy atom. The molecule has 0 amide bonds. The molecule has 5 nitrogen and oxygen atoms in total. The summed E-state index contributed by atoms with van der Waals surface area (Å²) < 4.78 is 19.6. The number of alkyl halides is 1. The summed E-state index contributed by atoms with van der Waals surface area (Å²) in [4.78, 5) is 7.35. The lowest BCUT2D eigenvalue weighted by molar-refractivity contribution is 0.134. The van der Waals surface area contributed by atoms with Crippen molar-refractivity contribution in [2.75, 3.05) is 13.1 Å². The first-order valence-electron chi connectivity index (χ1n) is 6.56. The zero-order chi connectivity index (χ0) is 13.6. The summed E-state index contributed by atoms with van der Waals surface area (Å²) in [6.45, 7) is 0.854. The molecule has 1 aromatic carbocycles. The van der Waals surface area contributed by atoms with Crippen molar-refractivity contribution < 1.29 is 8.91 Å². The third kappa shape index (κ3) is 1.72. The minimum atomic E-state index is -1.54. The molecule has 3 heterocycles. The van der Waals surface area contributed by atoms with Crippen LogP contribution in [0.1, 0.15) is 12.3 Å². The fourth-order valence-corrected chi connectivity index (χ4v) is 2.55. The fraction of sp³-hybridized carbons (Fsp3) is 0.286. The van der Waals surface area contributed by atoms with E-state index >= 15 is 0 Å². The molecule has 0 spiro atoms. The third-order valence-corrected chi connectivity index (χ3v) is 3.73. The van der Waals surface area contributed by atoms with E-state index in [9.17, 15) is 4.39 Å². The van der Waals surface area contributed by atoms with Crippen LogP contribution in [0.5, 0.6) is 0 Å². The second-order valence-electron chi connectivity index (χ2n) is 5.09. The van der Waals surface area contributed by atoms with Crippen LogP contribution in [-0.4, -0.2) is 28.2 Å². The Hall–Kier alpha value is -2.21. The van der Waals surface area contributed by atoms with E-state index in [0.29, 0.717) is 18.8 Å². The summed E-state index contributed by atoms with van der Waals surface area (Å²) in [5.74, 6) is 0.476. The number of nitrogens with zero attached hydrogens (tertiary/aromatic N) is 2. The van der Waals surface area contributed by atoms with E-state index in [2.05, 4.69) is 20.4 Å². The van der Waals surface area contributed by atoms with Gasteiger partial charge in [-0.1, -0.05) is 17.3 Å². The minimum Gasteiger partial charge on any atom is -0.361 e. The number of aromatic nitrogens is 3. The molecule has 4 rings (SSSR count). The molecule has 1 aliphatic rings. The molecule has 1 atom stereocenters. The number of hydrogen-bond donors (Lipinski definition) is 2. The Morgan fingerprint density at radius 2 is 2.25 bits per heavy atom. The maximum Gasteiger partial charge on any atom is 0.266 e. The van der Waals surface area contributed by atoms with Crippen LogP contribution < -0.4 is 5.32 Å². The van der Waals surface area contributed by atoms with Gasteiger partial charge in [0.25, 0.3) is 5.89 Å². The van der Waals surface area contributed by atoms with Gasteiger partial charge in [-0.15, -0.1) is 0 Å². The lowest BCUT2D eigenvalue weighted by Crippen LogP contribution is -2.23. The predicted octanol–water partition coefficient (Wildman–Crippen LogP) is 2.38. The molecule has 1 saturated heterocycles.